The molecule has 10 heteroatoms. The molecule has 0 unspecified atom stereocenters. The van der Waals surface area contributed by atoms with Crippen LogP contribution in [0.15, 0.2) is 46.9 Å². The van der Waals surface area contributed by atoms with Crippen molar-refractivity contribution in [1.29, 1.82) is 0 Å². The number of methoxy groups -OCH3 is 2. The van der Waals surface area contributed by atoms with Crippen LogP contribution in [0, 0.1) is 0 Å². The molecule has 0 bridgehead atoms. The largest absolute Gasteiger partial charge is 0.492 e. The van der Waals surface area contributed by atoms with Crippen LogP contribution in [0.1, 0.15) is 31.5 Å². The second-order valence-corrected chi connectivity index (χ2v) is 5.21. The molecular weight excluding hydrogens is 354 g/mol. The van der Waals surface area contributed by atoms with Crippen molar-refractivity contribution in [3.05, 3.63) is 69.3 Å². The van der Waals surface area contributed by atoms with E-state index in [1.165, 1.54) is 0 Å². The van der Waals surface area contributed by atoms with Gasteiger partial charge in [-0.15, -0.1) is 0 Å². The fraction of sp³-hybridized carbons (Fsp3) is 0.118. The first-order valence-electron chi connectivity index (χ1n) is 7.52. The summed E-state index contributed by atoms with van der Waals surface area (Å²) in [4.78, 5) is 48.2. The van der Waals surface area contributed by atoms with Crippen molar-refractivity contribution in [2.75, 3.05) is 14.2 Å². The average molecular weight is 365 g/mol. The van der Waals surface area contributed by atoms with Gasteiger partial charge in [0.1, 0.15) is 22.8 Å². The fourth-order valence-corrected chi connectivity index (χ4v) is 2.54. The molecule has 134 valence electrons. The van der Waals surface area contributed by atoms with Crippen LogP contribution < -0.4 is 0 Å². The third kappa shape index (κ3) is 2.90. The van der Waals surface area contributed by atoms with E-state index >= 15 is 0 Å². The fourth-order valence-electron chi connectivity index (χ4n) is 2.54. The number of ether oxygens (including phenoxy) is 2. The van der Waals surface area contributed by atoms with Crippen molar-refractivity contribution in [3.8, 4) is 11.3 Å². The SMILES string of the molecule is COC(=O)c1nc2c(nc1-c1ccccc1)C(=O)C(N=[N+]=[N-])=C(OC)C2=O. The van der Waals surface area contributed by atoms with Crippen LogP contribution in [0.2, 0.25) is 0 Å². The van der Waals surface area contributed by atoms with E-state index in [1.54, 1.807) is 30.3 Å². The second kappa shape index (κ2) is 7.06. The van der Waals surface area contributed by atoms with Crippen LogP contribution in [0.4, 0.5) is 0 Å². The van der Waals surface area contributed by atoms with Gasteiger partial charge in [0.05, 0.1) is 14.2 Å². The second-order valence-electron chi connectivity index (χ2n) is 5.21. The van der Waals surface area contributed by atoms with Gasteiger partial charge in [-0.3, -0.25) is 9.59 Å². The monoisotopic (exact) mass is 365 g/mol. The summed E-state index contributed by atoms with van der Waals surface area (Å²) in [5, 5.41) is 3.25. The van der Waals surface area contributed by atoms with Gasteiger partial charge in [-0.2, -0.15) is 0 Å². The third-order valence-electron chi connectivity index (χ3n) is 3.74. The van der Waals surface area contributed by atoms with Crippen molar-refractivity contribution < 1.29 is 23.9 Å². The Kier molecular flexibility index (Phi) is 4.65. The topological polar surface area (TPSA) is 144 Å². The zero-order valence-electron chi connectivity index (χ0n) is 14.2. The molecule has 3 rings (SSSR count). The Morgan fingerprint density at radius 3 is 2.30 bits per heavy atom. The minimum Gasteiger partial charge on any atom is -0.492 e. The molecule has 1 aromatic heterocycles. The predicted molar refractivity (Wildman–Crippen MR) is 90.6 cm³/mol. The Morgan fingerprint density at radius 2 is 1.70 bits per heavy atom. The van der Waals surface area contributed by atoms with Gasteiger partial charge < -0.3 is 9.47 Å². The first-order valence-corrected chi connectivity index (χ1v) is 7.52. The molecule has 0 atom stereocenters. The Balaban J connectivity index is 2.33. The highest BCUT2D eigenvalue weighted by atomic mass is 16.5. The zero-order chi connectivity index (χ0) is 19.6. The Labute approximate surface area is 152 Å². The Bertz CT molecular complexity index is 1050. The zero-order valence-corrected chi connectivity index (χ0v) is 14.2. The number of allylic oxidation sites excluding steroid dienone is 2. The first kappa shape index (κ1) is 17.8. The number of azide groups is 1. The van der Waals surface area contributed by atoms with Gasteiger partial charge in [-0.1, -0.05) is 35.4 Å². The van der Waals surface area contributed by atoms with Crippen molar-refractivity contribution in [2.24, 2.45) is 5.11 Å². The quantitative estimate of drug-likeness (QED) is 0.350. The number of aromatic nitrogens is 2. The van der Waals surface area contributed by atoms with Gasteiger partial charge in [-0.25, -0.2) is 14.8 Å². The standard InChI is InChI=1S/C17H11N5O5/c1-26-16-13(21-22-18)14(23)10-11(15(16)24)20-12(17(25)27-2)9(19-10)8-6-4-3-5-7-8/h3-7H,1-2H3. The molecule has 1 heterocycles. The maximum absolute atomic E-state index is 12.7. The number of hydrogen-bond acceptors (Lipinski definition) is 8. The Hall–Kier alpha value is -4.04. The number of carbonyl (C=O) groups excluding carboxylic acids is 3. The molecule has 2 aromatic rings. The molecule has 10 nitrogen and oxygen atoms in total. The first-order chi connectivity index (χ1) is 13.0. The lowest BCUT2D eigenvalue weighted by Crippen LogP contribution is -2.27. The van der Waals surface area contributed by atoms with E-state index < -0.39 is 29.0 Å². The van der Waals surface area contributed by atoms with Crippen LogP contribution >= 0.6 is 0 Å². The molecule has 0 fully saturated rings. The highest BCUT2D eigenvalue weighted by molar-refractivity contribution is 6.24. The van der Waals surface area contributed by atoms with E-state index in [0.29, 0.717) is 5.56 Å². The third-order valence-corrected chi connectivity index (χ3v) is 3.74. The molecule has 0 saturated carbocycles. The van der Waals surface area contributed by atoms with Gasteiger partial charge in [0.2, 0.25) is 11.6 Å². The smallest absolute Gasteiger partial charge is 0.358 e. The molecule has 1 aliphatic carbocycles. The summed E-state index contributed by atoms with van der Waals surface area (Å²) in [6.07, 6.45) is 0. The number of benzene rings is 1. The summed E-state index contributed by atoms with van der Waals surface area (Å²) in [5.74, 6) is -2.96. The summed E-state index contributed by atoms with van der Waals surface area (Å²) in [6, 6.07) is 8.48. The lowest BCUT2D eigenvalue weighted by Gasteiger charge is -2.18. The summed E-state index contributed by atoms with van der Waals surface area (Å²) in [5.41, 5.74) is 7.75. The number of Topliss-reactive ketones (excluding diaryl/α,β-unsaturated/α-hetero) is 2. The number of nitrogens with zero attached hydrogens (tertiary/aromatic N) is 5. The maximum Gasteiger partial charge on any atom is 0.358 e. The summed E-state index contributed by atoms with van der Waals surface area (Å²) in [6.45, 7) is 0. The van der Waals surface area contributed by atoms with Crippen LogP contribution in [0.5, 0.6) is 0 Å². The van der Waals surface area contributed by atoms with E-state index in [1.807, 2.05) is 0 Å². The van der Waals surface area contributed by atoms with Gasteiger partial charge in [0, 0.05) is 10.5 Å². The van der Waals surface area contributed by atoms with E-state index in [-0.39, 0.29) is 22.8 Å². The van der Waals surface area contributed by atoms with Crippen LogP contribution in [0.25, 0.3) is 21.7 Å². The van der Waals surface area contributed by atoms with Gasteiger partial charge in [0.25, 0.3) is 0 Å². The normalized spacial score (nSPS) is 13.0. The molecule has 0 aliphatic heterocycles. The molecule has 1 aliphatic rings. The number of carbonyl (C=O) groups is 3. The summed E-state index contributed by atoms with van der Waals surface area (Å²) >= 11 is 0. The average Bonchev–Trinajstić information content (AvgIpc) is 2.71. The van der Waals surface area contributed by atoms with E-state index in [0.717, 1.165) is 14.2 Å². The molecule has 1 aromatic carbocycles. The molecule has 0 saturated heterocycles. The lowest BCUT2D eigenvalue weighted by atomic mass is 9.98. The van der Waals surface area contributed by atoms with Crippen molar-refractivity contribution >= 4 is 17.5 Å². The highest BCUT2D eigenvalue weighted by Gasteiger charge is 2.37. The highest BCUT2D eigenvalue weighted by Crippen LogP contribution is 2.29. The number of esters is 1. The van der Waals surface area contributed by atoms with Gasteiger partial charge >= 0.3 is 5.97 Å². The number of ketones is 2. The molecule has 0 amide bonds. The minimum atomic E-state index is -0.833. The van der Waals surface area contributed by atoms with Crippen molar-refractivity contribution in [2.45, 2.75) is 0 Å². The molecule has 0 spiro atoms. The van der Waals surface area contributed by atoms with Crippen molar-refractivity contribution in [3.63, 3.8) is 0 Å². The van der Waals surface area contributed by atoms with Crippen LogP contribution in [0.3, 0.4) is 0 Å². The molecule has 27 heavy (non-hydrogen) atoms. The lowest BCUT2D eigenvalue weighted by molar-refractivity contribution is 0.0593. The van der Waals surface area contributed by atoms with E-state index in [4.69, 9.17) is 15.0 Å². The summed E-state index contributed by atoms with van der Waals surface area (Å²) < 4.78 is 9.61. The molecular formula is C17H11N5O5. The van der Waals surface area contributed by atoms with E-state index in [2.05, 4.69) is 20.0 Å². The Morgan fingerprint density at radius 1 is 1.04 bits per heavy atom. The maximum atomic E-state index is 12.7. The minimum absolute atomic E-state index is 0.0588. The van der Waals surface area contributed by atoms with Gasteiger partial charge in [0.15, 0.2) is 11.5 Å². The number of rotatable bonds is 4. The summed E-state index contributed by atoms with van der Waals surface area (Å²) in [7, 11) is 2.30. The molecule has 0 N–H and O–H groups in total. The van der Waals surface area contributed by atoms with Crippen LogP contribution in [-0.4, -0.2) is 41.7 Å². The predicted octanol–water partition coefficient (Wildman–Crippen LogP) is 2.48. The number of fused-ring (bicyclic) bond motifs is 1. The number of hydrogen-bond donors (Lipinski definition) is 0. The van der Waals surface area contributed by atoms with Crippen molar-refractivity contribution in [1.82, 2.24) is 9.97 Å². The van der Waals surface area contributed by atoms with Gasteiger partial charge in [-0.05, 0) is 5.53 Å². The van der Waals surface area contributed by atoms with E-state index in [9.17, 15) is 14.4 Å². The molecule has 0 radical (unpaired) electrons. The van der Waals surface area contributed by atoms with Crippen LogP contribution in [-0.2, 0) is 9.47 Å².